The summed E-state index contributed by atoms with van der Waals surface area (Å²) in [6.07, 6.45) is 3.91. The van der Waals surface area contributed by atoms with Crippen LogP contribution in [0.4, 0.5) is 5.69 Å². The molecule has 1 aliphatic rings. The summed E-state index contributed by atoms with van der Waals surface area (Å²) >= 11 is 6.31. The summed E-state index contributed by atoms with van der Waals surface area (Å²) < 4.78 is 5.72. The van der Waals surface area contributed by atoms with Crippen molar-refractivity contribution in [3.8, 4) is 5.75 Å². The van der Waals surface area contributed by atoms with Crippen molar-refractivity contribution in [2.45, 2.75) is 19.4 Å². The van der Waals surface area contributed by atoms with Crippen LogP contribution in [0.5, 0.6) is 5.75 Å². The van der Waals surface area contributed by atoms with Crippen molar-refractivity contribution in [3.05, 3.63) is 94.0 Å². The molecule has 0 bridgehead atoms. The largest absolute Gasteiger partial charge is 0.487 e. The number of ether oxygens (including phenoxy) is 1. The molecule has 8 heteroatoms. The first kappa shape index (κ1) is 23.3. The summed E-state index contributed by atoms with van der Waals surface area (Å²) in [6.45, 7) is 2.29. The van der Waals surface area contributed by atoms with E-state index in [0.717, 1.165) is 24.3 Å². The molecule has 0 spiro atoms. The number of halogens is 1. The highest BCUT2D eigenvalue weighted by molar-refractivity contribution is 6.32. The van der Waals surface area contributed by atoms with Crippen LogP contribution in [0.2, 0.25) is 5.02 Å². The minimum Gasteiger partial charge on any atom is -0.487 e. The Labute approximate surface area is 202 Å². The molecule has 3 aromatic carbocycles. The number of aromatic carboxylic acids is 1. The fraction of sp³-hybridized carbons (Fsp3) is 0.192. The Hall–Kier alpha value is -3.84. The number of carboxylic acid groups (broad SMARTS) is 1. The predicted molar refractivity (Wildman–Crippen MR) is 132 cm³/mol. The minimum atomic E-state index is -0.991. The molecule has 0 atom stereocenters. The van der Waals surface area contributed by atoms with Crippen LogP contribution in [0.1, 0.15) is 44.7 Å². The van der Waals surface area contributed by atoms with E-state index < -0.39 is 5.97 Å². The standard InChI is InChI=1S/C26H24ClN3O4/c27-23-15-18(6-11-24(23)34-17-19-4-3-5-21(14-19)26(32)33)16-28-29-25(31)20-7-9-22(10-8-20)30-12-1-2-13-30/h3-11,14-16H,1-2,12-13,17H2,(H,29,31)(H,32,33)/b28-16-. The molecule has 174 valence electrons. The molecule has 0 radical (unpaired) electrons. The van der Waals surface area contributed by atoms with E-state index in [1.165, 1.54) is 25.1 Å². The maximum atomic E-state index is 12.4. The Morgan fingerprint density at radius 3 is 2.50 bits per heavy atom. The first-order valence-corrected chi connectivity index (χ1v) is 11.3. The van der Waals surface area contributed by atoms with Crippen LogP contribution in [-0.2, 0) is 6.61 Å². The van der Waals surface area contributed by atoms with Gasteiger partial charge >= 0.3 is 5.97 Å². The van der Waals surface area contributed by atoms with Crippen LogP contribution in [0.15, 0.2) is 71.8 Å². The average molecular weight is 478 g/mol. The summed E-state index contributed by atoms with van der Waals surface area (Å²) in [5.74, 6) is -0.824. The normalized spacial score (nSPS) is 13.3. The van der Waals surface area contributed by atoms with Gasteiger partial charge < -0.3 is 14.7 Å². The van der Waals surface area contributed by atoms with Crippen molar-refractivity contribution in [1.29, 1.82) is 0 Å². The van der Waals surface area contributed by atoms with E-state index in [2.05, 4.69) is 15.4 Å². The Bertz CT molecular complexity index is 1200. The number of hydrazone groups is 1. The van der Waals surface area contributed by atoms with Crippen molar-refractivity contribution in [2.24, 2.45) is 5.10 Å². The lowest BCUT2D eigenvalue weighted by molar-refractivity contribution is 0.0696. The highest BCUT2D eigenvalue weighted by atomic mass is 35.5. The van der Waals surface area contributed by atoms with Crippen LogP contribution < -0.4 is 15.1 Å². The van der Waals surface area contributed by atoms with E-state index in [0.29, 0.717) is 21.9 Å². The van der Waals surface area contributed by atoms with Crippen molar-refractivity contribution in [3.63, 3.8) is 0 Å². The third kappa shape index (κ3) is 5.94. The third-order valence-electron chi connectivity index (χ3n) is 5.50. The van der Waals surface area contributed by atoms with Gasteiger partial charge in [0.05, 0.1) is 16.8 Å². The highest BCUT2D eigenvalue weighted by Gasteiger charge is 2.13. The smallest absolute Gasteiger partial charge is 0.335 e. The zero-order chi connectivity index (χ0) is 23.9. The maximum absolute atomic E-state index is 12.4. The van der Waals surface area contributed by atoms with E-state index in [1.54, 1.807) is 48.5 Å². The fourth-order valence-electron chi connectivity index (χ4n) is 3.70. The molecular weight excluding hydrogens is 454 g/mol. The number of carboxylic acids is 1. The molecule has 34 heavy (non-hydrogen) atoms. The molecule has 0 saturated carbocycles. The molecule has 0 aromatic heterocycles. The molecular formula is C26H24ClN3O4. The number of hydrogen-bond donors (Lipinski definition) is 2. The SMILES string of the molecule is O=C(O)c1cccc(COc2ccc(/C=N\NC(=O)c3ccc(N4CCCC4)cc3)cc2Cl)c1. The molecule has 1 heterocycles. The predicted octanol–water partition coefficient (Wildman–Crippen LogP) is 4.98. The van der Waals surface area contributed by atoms with Gasteiger partial charge in [0.2, 0.25) is 0 Å². The first-order chi connectivity index (χ1) is 16.5. The fourth-order valence-corrected chi connectivity index (χ4v) is 3.94. The van der Waals surface area contributed by atoms with Gasteiger partial charge in [-0.25, -0.2) is 10.2 Å². The minimum absolute atomic E-state index is 0.181. The quantitative estimate of drug-likeness (QED) is 0.352. The number of amides is 1. The molecule has 1 fully saturated rings. The van der Waals surface area contributed by atoms with Crippen LogP contribution >= 0.6 is 11.6 Å². The lowest BCUT2D eigenvalue weighted by Gasteiger charge is -2.17. The second kappa shape index (κ2) is 10.9. The monoisotopic (exact) mass is 477 g/mol. The lowest BCUT2D eigenvalue weighted by Crippen LogP contribution is -2.19. The van der Waals surface area contributed by atoms with Crippen molar-refractivity contribution in [1.82, 2.24) is 5.43 Å². The van der Waals surface area contributed by atoms with Crippen LogP contribution in [0.3, 0.4) is 0 Å². The molecule has 4 rings (SSSR count). The van der Waals surface area contributed by atoms with Crippen LogP contribution in [0, 0.1) is 0 Å². The number of nitrogens with zero attached hydrogens (tertiary/aromatic N) is 2. The van der Waals surface area contributed by atoms with Gasteiger partial charge in [-0.1, -0.05) is 23.7 Å². The van der Waals surface area contributed by atoms with Gasteiger partial charge in [0.25, 0.3) is 5.91 Å². The maximum Gasteiger partial charge on any atom is 0.335 e. The van der Waals surface area contributed by atoms with Crippen molar-refractivity contribution >= 4 is 35.4 Å². The van der Waals surface area contributed by atoms with Gasteiger partial charge in [-0.3, -0.25) is 4.79 Å². The van der Waals surface area contributed by atoms with Gasteiger partial charge in [-0.15, -0.1) is 0 Å². The van der Waals surface area contributed by atoms with Gasteiger partial charge in [0.1, 0.15) is 12.4 Å². The number of nitrogens with one attached hydrogen (secondary N) is 1. The van der Waals surface area contributed by atoms with E-state index in [1.807, 2.05) is 12.1 Å². The first-order valence-electron chi connectivity index (χ1n) is 10.9. The number of anilines is 1. The second-order valence-electron chi connectivity index (χ2n) is 7.92. The zero-order valence-corrected chi connectivity index (χ0v) is 19.2. The van der Waals surface area contributed by atoms with Gasteiger partial charge in [0, 0.05) is 24.3 Å². The Balaban J connectivity index is 1.31. The van der Waals surface area contributed by atoms with Gasteiger partial charge in [-0.2, -0.15) is 5.10 Å². The number of hydrogen-bond acceptors (Lipinski definition) is 5. The summed E-state index contributed by atoms with van der Waals surface area (Å²) in [5, 5.41) is 13.5. The Morgan fingerprint density at radius 1 is 1.03 bits per heavy atom. The van der Waals surface area contributed by atoms with Gasteiger partial charge in [-0.05, 0) is 78.6 Å². The number of carbonyl (C=O) groups is 2. The van der Waals surface area contributed by atoms with E-state index in [4.69, 9.17) is 21.4 Å². The molecule has 0 unspecified atom stereocenters. The molecule has 1 amide bonds. The number of carbonyl (C=O) groups excluding carboxylic acids is 1. The van der Waals surface area contributed by atoms with Crippen LogP contribution in [0.25, 0.3) is 0 Å². The molecule has 7 nitrogen and oxygen atoms in total. The summed E-state index contributed by atoms with van der Waals surface area (Å²) in [4.78, 5) is 25.8. The van der Waals surface area contributed by atoms with E-state index >= 15 is 0 Å². The van der Waals surface area contributed by atoms with E-state index in [-0.39, 0.29) is 18.1 Å². The molecule has 3 aromatic rings. The highest BCUT2D eigenvalue weighted by Crippen LogP contribution is 2.26. The summed E-state index contributed by atoms with van der Waals surface area (Å²) in [7, 11) is 0. The van der Waals surface area contributed by atoms with Crippen LogP contribution in [-0.4, -0.2) is 36.3 Å². The summed E-state index contributed by atoms with van der Waals surface area (Å²) in [6, 6.07) is 19.2. The van der Waals surface area contributed by atoms with Gasteiger partial charge in [0.15, 0.2) is 0 Å². The zero-order valence-electron chi connectivity index (χ0n) is 18.4. The number of benzene rings is 3. The molecule has 0 aliphatic carbocycles. The molecule has 2 N–H and O–H groups in total. The topological polar surface area (TPSA) is 91.2 Å². The second-order valence-corrected chi connectivity index (χ2v) is 8.33. The molecule has 1 aliphatic heterocycles. The third-order valence-corrected chi connectivity index (χ3v) is 5.80. The Kier molecular flexibility index (Phi) is 7.44. The summed E-state index contributed by atoms with van der Waals surface area (Å²) in [5.41, 5.74) is 5.80. The Morgan fingerprint density at radius 2 is 1.79 bits per heavy atom. The van der Waals surface area contributed by atoms with Crippen molar-refractivity contribution in [2.75, 3.05) is 18.0 Å². The average Bonchev–Trinajstić information content (AvgIpc) is 3.39. The van der Waals surface area contributed by atoms with Crippen molar-refractivity contribution < 1.29 is 19.4 Å². The number of rotatable bonds is 8. The lowest BCUT2D eigenvalue weighted by atomic mass is 10.1. The molecule has 1 saturated heterocycles. The van der Waals surface area contributed by atoms with E-state index in [9.17, 15) is 9.59 Å².